The number of aliphatic hydroxyl groups excluding tert-OH is 1. The number of urea groups is 1. The molecule has 1 fully saturated rings. The maximum atomic E-state index is 12.1. The van der Waals surface area contributed by atoms with E-state index in [0.717, 1.165) is 18.4 Å². The molecule has 1 aromatic rings. The Balaban J connectivity index is 1.78. The summed E-state index contributed by atoms with van der Waals surface area (Å²) in [7, 11) is 0. The molecule has 1 unspecified atom stereocenters. The van der Waals surface area contributed by atoms with Gasteiger partial charge in [0.2, 0.25) is 0 Å². The zero-order valence-corrected chi connectivity index (χ0v) is 12.2. The summed E-state index contributed by atoms with van der Waals surface area (Å²) in [6.45, 7) is 3.65. The van der Waals surface area contributed by atoms with Crippen molar-refractivity contribution < 1.29 is 9.90 Å². The van der Waals surface area contributed by atoms with Crippen LogP contribution in [0.5, 0.6) is 0 Å². The zero-order valence-electron chi connectivity index (χ0n) is 12.2. The minimum absolute atomic E-state index is 0.0663. The third-order valence-electron chi connectivity index (χ3n) is 4.04. The molecule has 1 aliphatic heterocycles. The highest BCUT2D eigenvalue weighted by atomic mass is 16.3. The van der Waals surface area contributed by atoms with Crippen molar-refractivity contribution in [3.63, 3.8) is 0 Å². The molecule has 5 nitrogen and oxygen atoms in total. The molecular formula is C16H21N3O2. The molecule has 0 bridgehead atoms. The summed E-state index contributed by atoms with van der Waals surface area (Å²) < 4.78 is 0. The number of nitriles is 1. The molecule has 2 amide bonds. The maximum Gasteiger partial charge on any atom is 0.317 e. The molecule has 0 aromatic heterocycles. The van der Waals surface area contributed by atoms with Crippen LogP contribution >= 0.6 is 0 Å². The molecule has 21 heavy (non-hydrogen) atoms. The fourth-order valence-corrected chi connectivity index (χ4v) is 2.57. The summed E-state index contributed by atoms with van der Waals surface area (Å²) >= 11 is 0. The first-order valence-electron chi connectivity index (χ1n) is 7.30. The number of piperidine rings is 1. The lowest BCUT2D eigenvalue weighted by Gasteiger charge is -2.33. The van der Waals surface area contributed by atoms with Crippen LogP contribution in [0.25, 0.3) is 0 Å². The number of nitrogens with zero attached hydrogens (tertiary/aromatic N) is 2. The smallest absolute Gasteiger partial charge is 0.317 e. The molecule has 0 spiro atoms. The Morgan fingerprint density at radius 2 is 2.05 bits per heavy atom. The van der Waals surface area contributed by atoms with E-state index in [2.05, 4.69) is 11.4 Å². The molecule has 112 valence electrons. The van der Waals surface area contributed by atoms with Gasteiger partial charge in [0.15, 0.2) is 0 Å². The van der Waals surface area contributed by atoms with Crippen LogP contribution < -0.4 is 5.32 Å². The monoisotopic (exact) mass is 287 g/mol. The summed E-state index contributed by atoms with van der Waals surface area (Å²) in [6.07, 6.45) is 1.40. The van der Waals surface area contributed by atoms with Crippen molar-refractivity contribution >= 4 is 6.03 Å². The van der Waals surface area contributed by atoms with E-state index in [4.69, 9.17) is 5.26 Å². The number of nitrogens with one attached hydrogen (secondary N) is 1. The molecular weight excluding hydrogens is 266 g/mol. The Hall–Kier alpha value is -2.06. The van der Waals surface area contributed by atoms with E-state index >= 15 is 0 Å². The molecule has 1 aliphatic rings. The van der Waals surface area contributed by atoms with Crippen LogP contribution in [0.15, 0.2) is 24.3 Å². The van der Waals surface area contributed by atoms with Crippen molar-refractivity contribution in [1.29, 1.82) is 5.26 Å². The quantitative estimate of drug-likeness (QED) is 0.891. The van der Waals surface area contributed by atoms with Crippen molar-refractivity contribution in [3.8, 4) is 6.07 Å². The van der Waals surface area contributed by atoms with Crippen LogP contribution in [0.3, 0.4) is 0 Å². The van der Waals surface area contributed by atoms with Gasteiger partial charge < -0.3 is 15.3 Å². The molecule has 0 radical (unpaired) electrons. The third-order valence-corrected chi connectivity index (χ3v) is 4.04. The topological polar surface area (TPSA) is 76.4 Å². The van der Waals surface area contributed by atoms with Crippen LogP contribution in [0.2, 0.25) is 0 Å². The van der Waals surface area contributed by atoms with E-state index in [-0.39, 0.29) is 12.1 Å². The summed E-state index contributed by atoms with van der Waals surface area (Å²) in [5.74, 6) is 0.299. The van der Waals surface area contributed by atoms with Gasteiger partial charge in [-0.3, -0.25) is 0 Å². The molecule has 0 aliphatic carbocycles. The molecule has 2 rings (SSSR count). The predicted octanol–water partition coefficient (Wildman–Crippen LogP) is 1.86. The maximum absolute atomic E-state index is 12.1. The molecule has 1 aromatic carbocycles. The number of hydrogen-bond acceptors (Lipinski definition) is 3. The number of rotatable bonds is 3. The lowest BCUT2D eigenvalue weighted by atomic mass is 9.92. The van der Waals surface area contributed by atoms with Crippen LogP contribution in [0.1, 0.15) is 30.9 Å². The molecule has 5 heteroatoms. The first kappa shape index (κ1) is 15.3. The van der Waals surface area contributed by atoms with Crippen molar-refractivity contribution in [1.82, 2.24) is 10.2 Å². The minimum atomic E-state index is -0.297. The van der Waals surface area contributed by atoms with Gasteiger partial charge in [0.05, 0.1) is 17.7 Å². The number of carbonyl (C=O) groups excluding carboxylic acids is 1. The van der Waals surface area contributed by atoms with E-state index in [1.165, 1.54) is 0 Å². The number of carbonyl (C=O) groups is 1. The van der Waals surface area contributed by atoms with Gasteiger partial charge in [-0.15, -0.1) is 0 Å². The highest BCUT2D eigenvalue weighted by Gasteiger charge is 2.25. The summed E-state index contributed by atoms with van der Waals surface area (Å²) in [5, 5.41) is 21.2. The number of aliphatic hydroxyl groups is 1. The Bertz CT molecular complexity index is 511. The van der Waals surface area contributed by atoms with E-state index < -0.39 is 0 Å². The SMILES string of the molecule is CC(O)C1CCN(C(=O)NCc2ccc(C#N)cc2)CC1. The molecule has 0 saturated carbocycles. The average molecular weight is 287 g/mol. The minimum Gasteiger partial charge on any atom is -0.393 e. The fraction of sp³-hybridized carbons (Fsp3) is 0.500. The largest absolute Gasteiger partial charge is 0.393 e. The van der Waals surface area contributed by atoms with Crippen molar-refractivity contribution in [3.05, 3.63) is 35.4 Å². The van der Waals surface area contributed by atoms with Gasteiger partial charge in [0.25, 0.3) is 0 Å². The third kappa shape index (κ3) is 4.20. The van der Waals surface area contributed by atoms with Crippen LogP contribution in [-0.4, -0.2) is 35.2 Å². The lowest BCUT2D eigenvalue weighted by molar-refractivity contribution is 0.0798. The number of benzene rings is 1. The standard InChI is InChI=1S/C16H21N3O2/c1-12(20)15-6-8-19(9-7-15)16(21)18-11-14-4-2-13(10-17)3-5-14/h2-5,12,15,20H,6-9,11H2,1H3,(H,18,21). The van der Waals surface area contributed by atoms with E-state index in [0.29, 0.717) is 31.1 Å². The van der Waals surface area contributed by atoms with Gasteiger partial charge in [-0.05, 0) is 43.4 Å². The van der Waals surface area contributed by atoms with E-state index in [1.807, 2.05) is 19.1 Å². The molecule has 1 saturated heterocycles. The van der Waals surface area contributed by atoms with Crippen molar-refractivity contribution in [2.24, 2.45) is 5.92 Å². The fourth-order valence-electron chi connectivity index (χ4n) is 2.57. The van der Waals surface area contributed by atoms with Gasteiger partial charge in [-0.25, -0.2) is 4.79 Å². The Morgan fingerprint density at radius 3 is 2.57 bits per heavy atom. The first-order valence-corrected chi connectivity index (χ1v) is 7.30. The van der Waals surface area contributed by atoms with Crippen LogP contribution in [0.4, 0.5) is 4.79 Å². The normalized spacial score (nSPS) is 17.1. The van der Waals surface area contributed by atoms with Gasteiger partial charge in [-0.2, -0.15) is 5.26 Å². The van der Waals surface area contributed by atoms with Crippen LogP contribution in [0, 0.1) is 17.2 Å². The predicted molar refractivity (Wildman–Crippen MR) is 79.4 cm³/mol. The summed E-state index contributed by atoms with van der Waals surface area (Å²) in [6, 6.07) is 9.18. The Labute approximate surface area is 125 Å². The second kappa shape index (κ2) is 7.09. The van der Waals surface area contributed by atoms with Crippen molar-refractivity contribution in [2.45, 2.75) is 32.4 Å². The van der Waals surface area contributed by atoms with Gasteiger partial charge in [0.1, 0.15) is 0 Å². The van der Waals surface area contributed by atoms with E-state index in [9.17, 15) is 9.90 Å². The Kier molecular flexibility index (Phi) is 5.18. The highest BCUT2D eigenvalue weighted by Crippen LogP contribution is 2.20. The lowest BCUT2D eigenvalue weighted by Crippen LogP contribution is -2.45. The highest BCUT2D eigenvalue weighted by molar-refractivity contribution is 5.74. The van der Waals surface area contributed by atoms with Gasteiger partial charge >= 0.3 is 6.03 Å². The second-order valence-electron chi connectivity index (χ2n) is 5.53. The van der Waals surface area contributed by atoms with Crippen LogP contribution in [-0.2, 0) is 6.54 Å². The average Bonchev–Trinajstić information content (AvgIpc) is 2.53. The van der Waals surface area contributed by atoms with Gasteiger partial charge in [0, 0.05) is 19.6 Å². The van der Waals surface area contributed by atoms with Gasteiger partial charge in [-0.1, -0.05) is 12.1 Å². The van der Waals surface area contributed by atoms with E-state index in [1.54, 1.807) is 17.0 Å². The number of hydrogen-bond donors (Lipinski definition) is 2. The number of likely N-dealkylation sites (tertiary alicyclic amines) is 1. The first-order chi connectivity index (χ1) is 10.1. The van der Waals surface area contributed by atoms with Crippen molar-refractivity contribution in [2.75, 3.05) is 13.1 Å². The molecule has 2 N–H and O–H groups in total. The zero-order chi connectivity index (χ0) is 15.2. The summed E-state index contributed by atoms with van der Waals surface area (Å²) in [5.41, 5.74) is 1.59. The number of amides is 2. The Morgan fingerprint density at radius 1 is 1.43 bits per heavy atom. The summed E-state index contributed by atoms with van der Waals surface area (Å²) in [4.78, 5) is 13.9. The molecule has 1 heterocycles. The second-order valence-corrected chi connectivity index (χ2v) is 5.53. The molecule has 1 atom stereocenters.